The van der Waals surface area contributed by atoms with Crippen LogP contribution in [0.25, 0.3) is 0 Å². The Hall–Kier alpha value is -3.12. The van der Waals surface area contributed by atoms with E-state index in [1.165, 1.54) is 18.0 Å². The first kappa shape index (κ1) is 18.7. The molecule has 6 nitrogen and oxygen atoms in total. The fourth-order valence-electron chi connectivity index (χ4n) is 2.38. The van der Waals surface area contributed by atoms with Crippen LogP contribution in [-0.2, 0) is 6.42 Å². The Labute approximate surface area is 162 Å². The van der Waals surface area contributed by atoms with E-state index in [9.17, 15) is 4.79 Å². The Kier molecular flexibility index (Phi) is 6.22. The normalized spacial score (nSPS) is 10.3. The van der Waals surface area contributed by atoms with Gasteiger partial charge in [-0.05, 0) is 48.4 Å². The number of hydrogen-bond acceptors (Lipinski definition) is 5. The van der Waals surface area contributed by atoms with Gasteiger partial charge in [0.05, 0.1) is 12.7 Å². The molecule has 3 rings (SSSR count). The molecule has 0 fully saturated rings. The van der Waals surface area contributed by atoms with E-state index in [1.54, 1.807) is 31.4 Å². The second-order valence-corrected chi connectivity index (χ2v) is 6.22. The van der Waals surface area contributed by atoms with Crippen molar-refractivity contribution in [3.8, 4) is 5.75 Å². The quantitative estimate of drug-likeness (QED) is 0.644. The monoisotopic (exact) mass is 382 g/mol. The fourth-order valence-corrected chi connectivity index (χ4v) is 2.51. The Morgan fingerprint density at radius 1 is 1.04 bits per heavy atom. The summed E-state index contributed by atoms with van der Waals surface area (Å²) in [4.78, 5) is 20.6. The lowest BCUT2D eigenvalue weighted by molar-refractivity contribution is 0.102. The molecule has 7 heteroatoms. The molecule has 1 amide bonds. The summed E-state index contributed by atoms with van der Waals surface area (Å²) in [6, 6.07) is 14.8. The van der Waals surface area contributed by atoms with Gasteiger partial charge in [-0.3, -0.25) is 4.79 Å². The smallest absolute Gasteiger partial charge is 0.258 e. The minimum absolute atomic E-state index is 0.276. The molecule has 1 aromatic heterocycles. The van der Waals surface area contributed by atoms with Crippen LogP contribution in [0.5, 0.6) is 5.75 Å². The zero-order valence-corrected chi connectivity index (χ0v) is 15.5. The zero-order chi connectivity index (χ0) is 19.1. The van der Waals surface area contributed by atoms with Crippen LogP contribution in [0.4, 0.5) is 11.6 Å². The first-order valence-corrected chi connectivity index (χ1v) is 8.77. The number of carbonyl (C=O) groups excluding carboxylic acids is 1. The number of benzene rings is 2. The van der Waals surface area contributed by atoms with Crippen LogP contribution < -0.4 is 15.4 Å². The SMILES string of the molecule is COc1ccc(CCNc2ncc(C(=O)Nc3ccc(Cl)cc3)cn2)cc1. The average Bonchev–Trinajstić information content (AvgIpc) is 2.71. The topological polar surface area (TPSA) is 76.1 Å². The zero-order valence-electron chi connectivity index (χ0n) is 14.8. The van der Waals surface area contributed by atoms with Crippen LogP contribution in [-0.4, -0.2) is 29.5 Å². The third kappa shape index (κ3) is 5.43. The Morgan fingerprint density at radius 2 is 1.70 bits per heavy atom. The van der Waals surface area contributed by atoms with Gasteiger partial charge in [-0.2, -0.15) is 0 Å². The molecule has 2 aromatic carbocycles. The molecular weight excluding hydrogens is 364 g/mol. The number of rotatable bonds is 7. The molecule has 0 atom stereocenters. The van der Waals surface area contributed by atoms with Gasteiger partial charge in [0.1, 0.15) is 5.75 Å². The summed E-state index contributed by atoms with van der Waals surface area (Å²) in [6.45, 7) is 0.683. The summed E-state index contributed by atoms with van der Waals surface area (Å²) in [5.41, 5.74) is 2.22. The Morgan fingerprint density at radius 3 is 2.33 bits per heavy atom. The highest BCUT2D eigenvalue weighted by atomic mass is 35.5. The number of ether oxygens (including phenoxy) is 1. The van der Waals surface area contributed by atoms with Crippen LogP contribution in [0, 0.1) is 0 Å². The van der Waals surface area contributed by atoms with E-state index in [-0.39, 0.29) is 5.91 Å². The van der Waals surface area contributed by atoms with Crippen molar-refractivity contribution in [2.75, 3.05) is 24.3 Å². The minimum atomic E-state index is -0.276. The highest BCUT2D eigenvalue weighted by molar-refractivity contribution is 6.30. The van der Waals surface area contributed by atoms with E-state index < -0.39 is 0 Å². The molecule has 1 heterocycles. The molecule has 0 aliphatic carbocycles. The van der Waals surface area contributed by atoms with E-state index >= 15 is 0 Å². The van der Waals surface area contributed by atoms with Gasteiger partial charge in [-0.1, -0.05) is 23.7 Å². The number of anilines is 2. The summed E-state index contributed by atoms with van der Waals surface area (Å²) in [7, 11) is 1.65. The molecule has 0 radical (unpaired) electrons. The van der Waals surface area contributed by atoms with Crippen LogP contribution in [0.1, 0.15) is 15.9 Å². The number of methoxy groups -OCH3 is 1. The number of carbonyl (C=O) groups is 1. The van der Waals surface area contributed by atoms with Crippen molar-refractivity contribution in [3.05, 3.63) is 77.1 Å². The van der Waals surface area contributed by atoms with E-state index in [2.05, 4.69) is 20.6 Å². The summed E-state index contributed by atoms with van der Waals surface area (Å²) in [5.74, 6) is 1.04. The lowest BCUT2D eigenvalue weighted by atomic mass is 10.1. The highest BCUT2D eigenvalue weighted by Crippen LogP contribution is 2.15. The predicted molar refractivity (Wildman–Crippen MR) is 107 cm³/mol. The summed E-state index contributed by atoms with van der Waals surface area (Å²) in [5, 5.41) is 6.53. The molecule has 2 N–H and O–H groups in total. The number of hydrogen-bond donors (Lipinski definition) is 2. The molecule has 0 aliphatic rings. The van der Waals surface area contributed by atoms with Crippen molar-refractivity contribution >= 4 is 29.1 Å². The molecule has 0 bridgehead atoms. The largest absolute Gasteiger partial charge is 0.497 e. The average molecular weight is 383 g/mol. The van der Waals surface area contributed by atoms with Crippen molar-refractivity contribution in [2.45, 2.75) is 6.42 Å². The maximum atomic E-state index is 12.2. The first-order chi connectivity index (χ1) is 13.1. The van der Waals surface area contributed by atoms with Crippen LogP contribution in [0.2, 0.25) is 5.02 Å². The van der Waals surface area contributed by atoms with Gasteiger partial charge in [0.15, 0.2) is 0 Å². The van der Waals surface area contributed by atoms with E-state index in [1.807, 2.05) is 24.3 Å². The van der Waals surface area contributed by atoms with Crippen molar-refractivity contribution in [3.63, 3.8) is 0 Å². The third-order valence-electron chi connectivity index (χ3n) is 3.87. The number of nitrogens with zero attached hydrogens (tertiary/aromatic N) is 2. The van der Waals surface area contributed by atoms with Crippen molar-refractivity contribution in [1.29, 1.82) is 0 Å². The number of aromatic nitrogens is 2. The van der Waals surface area contributed by atoms with E-state index in [0.29, 0.717) is 28.8 Å². The maximum Gasteiger partial charge on any atom is 0.258 e. The molecule has 27 heavy (non-hydrogen) atoms. The second-order valence-electron chi connectivity index (χ2n) is 5.78. The molecule has 0 unspecified atom stereocenters. The molecule has 0 spiro atoms. The summed E-state index contributed by atoms with van der Waals surface area (Å²) < 4.78 is 5.14. The van der Waals surface area contributed by atoms with Gasteiger partial charge >= 0.3 is 0 Å². The fraction of sp³-hybridized carbons (Fsp3) is 0.150. The van der Waals surface area contributed by atoms with Gasteiger partial charge in [0.25, 0.3) is 5.91 Å². The highest BCUT2D eigenvalue weighted by Gasteiger charge is 2.08. The number of halogens is 1. The van der Waals surface area contributed by atoms with Gasteiger partial charge in [-0.15, -0.1) is 0 Å². The predicted octanol–water partition coefficient (Wildman–Crippen LogP) is 4.05. The van der Waals surface area contributed by atoms with Gasteiger partial charge in [0, 0.05) is 29.6 Å². The molecular formula is C20H19ClN4O2. The molecule has 3 aromatic rings. The molecule has 138 valence electrons. The Bertz CT molecular complexity index is 881. The van der Waals surface area contributed by atoms with Gasteiger partial charge < -0.3 is 15.4 Å². The standard InChI is InChI=1S/C20H19ClN4O2/c1-27-18-8-2-14(3-9-18)10-11-22-20-23-12-15(13-24-20)19(26)25-17-6-4-16(21)5-7-17/h2-9,12-13H,10-11H2,1H3,(H,25,26)(H,22,23,24). The van der Waals surface area contributed by atoms with Crippen LogP contribution >= 0.6 is 11.6 Å². The first-order valence-electron chi connectivity index (χ1n) is 8.40. The van der Waals surface area contributed by atoms with Crippen molar-refractivity contribution in [2.24, 2.45) is 0 Å². The van der Waals surface area contributed by atoms with Gasteiger partial charge in [0.2, 0.25) is 5.95 Å². The van der Waals surface area contributed by atoms with Crippen LogP contribution in [0.3, 0.4) is 0 Å². The molecule has 0 saturated carbocycles. The van der Waals surface area contributed by atoms with E-state index in [0.717, 1.165) is 12.2 Å². The lowest BCUT2D eigenvalue weighted by Crippen LogP contribution is -2.14. The Balaban J connectivity index is 1.50. The van der Waals surface area contributed by atoms with Crippen LogP contribution in [0.15, 0.2) is 60.9 Å². The maximum absolute atomic E-state index is 12.2. The second kappa shape index (κ2) is 9.00. The lowest BCUT2D eigenvalue weighted by Gasteiger charge is -2.07. The minimum Gasteiger partial charge on any atom is -0.497 e. The van der Waals surface area contributed by atoms with Crippen molar-refractivity contribution < 1.29 is 9.53 Å². The van der Waals surface area contributed by atoms with Gasteiger partial charge in [-0.25, -0.2) is 9.97 Å². The molecule has 0 saturated heterocycles. The summed E-state index contributed by atoms with van der Waals surface area (Å²) in [6.07, 6.45) is 3.81. The third-order valence-corrected chi connectivity index (χ3v) is 4.12. The summed E-state index contributed by atoms with van der Waals surface area (Å²) >= 11 is 5.83. The van der Waals surface area contributed by atoms with E-state index in [4.69, 9.17) is 16.3 Å². The molecule has 0 aliphatic heterocycles. The number of nitrogens with one attached hydrogen (secondary N) is 2. The number of amides is 1. The van der Waals surface area contributed by atoms with Crippen molar-refractivity contribution in [1.82, 2.24) is 9.97 Å².